The van der Waals surface area contributed by atoms with Crippen LogP contribution in [0.3, 0.4) is 0 Å². The lowest BCUT2D eigenvalue weighted by atomic mass is 10.0. The number of hydrogen-bond acceptors (Lipinski definition) is 4. The van der Waals surface area contributed by atoms with Crippen molar-refractivity contribution < 1.29 is 14.3 Å². The van der Waals surface area contributed by atoms with Gasteiger partial charge >= 0.3 is 0 Å². The van der Waals surface area contributed by atoms with E-state index in [0.717, 1.165) is 45.3 Å². The minimum absolute atomic E-state index is 0.110. The zero-order valence-corrected chi connectivity index (χ0v) is 13.1. The Balaban J connectivity index is 1.73. The number of rotatable bonds is 5. The normalized spacial score (nSPS) is 26.9. The molecule has 2 heterocycles. The molecule has 2 saturated heterocycles. The summed E-state index contributed by atoms with van der Waals surface area (Å²) in [5, 5.41) is 6.28. The van der Waals surface area contributed by atoms with E-state index < -0.39 is 0 Å². The van der Waals surface area contributed by atoms with Gasteiger partial charge in [-0.2, -0.15) is 0 Å². The minimum atomic E-state index is -0.110. The quantitative estimate of drug-likeness (QED) is 0.764. The highest BCUT2D eigenvalue weighted by Gasteiger charge is 2.33. The van der Waals surface area contributed by atoms with Crippen LogP contribution in [-0.4, -0.2) is 61.6 Å². The molecule has 0 radical (unpaired) electrons. The van der Waals surface area contributed by atoms with E-state index in [-0.39, 0.29) is 30.0 Å². The third-order valence-corrected chi connectivity index (χ3v) is 4.37. The van der Waals surface area contributed by atoms with Crippen molar-refractivity contribution in [2.75, 3.05) is 26.7 Å². The Kier molecular flexibility index (Phi) is 5.99. The van der Waals surface area contributed by atoms with Gasteiger partial charge in [0.15, 0.2) is 0 Å². The summed E-state index contributed by atoms with van der Waals surface area (Å²) in [6.45, 7) is 4.21. The Morgan fingerprint density at radius 3 is 2.62 bits per heavy atom. The summed E-state index contributed by atoms with van der Waals surface area (Å²) < 4.78 is 5.28. The Morgan fingerprint density at radius 2 is 2.05 bits per heavy atom. The first-order valence-corrected chi connectivity index (χ1v) is 7.98. The zero-order valence-electron chi connectivity index (χ0n) is 13.1. The predicted molar refractivity (Wildman–Crippen MR) is 79.9 cm³/mol. The smallest absolute Gasteiger partial charge is 0.239 e. The maximum Gasteiger partial charge on any atom is 0.239 e. The van der Waals surface area contributed by atoms with Gasteiger partial charge in [-0.05, 0) is 25.7 Å². The summed E-state index contributed by atoms with van der Waals surface area (Å²) in [4.78, 5) is 25.9. The molecule has 0 bridgehead atoms. The van der Waals surface area contributed by atoms with Crippen LogP contribution in [0.15, 0.2) is 0 Å². The molecule has 2 atom stereocenters. The van der Waals surface area contributed by atoms with E-state index >= 15 is 0 Å². The number of methoxy groups -OCH3 is 1. The second-order valence-corrected chi connectivity index (χ2v) is 5.97. The predicted octanol–water partition coefficient (Wildman–Crippen LogP) is 0.271. The van der Waals surface area contributed by atoms with Gasteiger partial charge in [0, 0.05) is 39.2 Å². The van der Waals surface area contributed by atoms with Crippen LogP contribution in [0.1, 0.15) is 39.0 Å². The average Bonchev–Trinajstić information content (AvgIpc) is 2.96. The Labute approximate surface area is 126 Å². The van der Waals surface area contributed by atoms with Gasteiger partial charge in [-0.25, -0.2) is 0 Å². The van der Waals surface area contributed by atoms with Crippen LogP contribution in [0.5, 0.6) is 0 Å². The molecule has 2 amide bonds. The van der Waals surface area contributed by atoms with Gasteiger partial charge in [0.25, 0.3) is 0 Å². The number of piperidine rings is 1. The summed E-state index contributed by atoms with van der Waals surface area (Å²) in [5.74, 6) is 0.301. The number of hydrogen-bond donors (Lipinski definition) is 2. The van der Waals surface area contributed by atoms with Crippen molar-refractivity contribution in [2.45, 2.75) is 57.2 Å². The molecule has 2 unspecified atom stereocenters. The van der Waals surface area contributed by atoms with Crippen molar-refractivity contribution in [1.82, 2.24) is 15.5 Å². The lowest BCUT2D eigenvalue weighted by Crippen LogP contribution is -2.50. The van der Waals surface area contributed by atoms with Gasteiger partial charge in [0.1, 0.15) is 0 Å². The molecule has 2 aliphatic heterocycles. The summed E-state index contributed by atoms with van der Waals surface area (Å²) in [7, 11) is 1.68. The second-order valence-electron chi connectivity index (χ2n) is 5.97. The van der Waals surface area contributed by atoms with Crippen molar-refractivity contribution in [3.05, 3.63) is 0 Å². The average molecular weight is 297 g/mol. The Hall–Kier alpha value is -1.14. The van der Waals surface area contributed by atoms with Gasteiger partial charge < -0.3 is 20.3 Å². The maximum atomic E-state index is 12.4. The number of nitrogens with zero attached hydrogens (tertiary/aromatic N) is 1. The van der Waals surface area contributed by atoms with Gasteiger partial charge in [-0.3, -0.25) is 9.59 Å². The molecule has 2 N–H and O–H groups in total. The number of likely N-dealkylation sites (tertiary alicyclic amines) is 1. The molecule has 2 fully saturated rings. The molecule has 6 nitrogen and oxygen atoms in total. The molecule has 0 spiro atoms. The molecule has 6 heteroatoms. The molecular weight excluding hydrogens is 270 g/mol. The Morgan fingerprint density at radius 1 is 1.33 bits per heavy atom. The first-order valence-electron chi connectivity index (χ1n) is 7.98. The number of carbonyl (C=O) groups is 2. The van der Waals surface area contributed by atoms with E-state index in [1.54, 1.807) is 7.11 Å². The van der Waals surface area contributed by atoms with E-state index in [0.29, 0.717) is 6.42 Å². The molecule has 21 heavy (non-hydrogen) atoms. The lowest BCUT2D eigenvalue weighted by molar-refractivity contribution is -0.134. The fourth-order valence-corrected chi connectivity index (χ4v) is 3.06. The van der Waals surface area contributed by atoms with Crippen molar-refractivity contribution in [3.63, 3.8) is 0 Å². The van der Waals surface area contributed by atoms with Gasteiger partial charge in [-0.15, -0.1) is 0 Å². The van der Waals surface area contributed by atoms with Crippen molar-refractivity contribution in [2.24, 2.45) is 0 Å². The third kappa shape index (κ3) is 4.41. The molecule has 0 aliphatic carbocycles. The zero-order chi connectivity index (χ0) is 15.2. The molecule has 0 saturated carbocycles. The molecular formula is C15H27N3O3. The lowest BCUT2D eigenvalue weighted by Gasteiger charge is -2.34. The number of ether oxygens (including phenoxy) is 1. The molecule has 120 valence electrons. The van der Waals surface area contributed by atoms with Crippen molar-refractivity contribution in [1.29, 1.82) is 0 Å². The highest BCUT2D eigenvalue weighted by molar-refractivity contribution is 5.82. The van der Waals surface area contributed by atoms with Crippen molar-refractivity contribution in [3.8, 4) is 0 Å². The largest absolute Gasteiger partial charge is 0.380 e. The van der Waals surface area contributed by atoms with Crippen LogP contribution in [0.4, 0.5) is 0 Å². The molecule has 0 aromatic rings. The highest BCUT2D eigenvalue weighted by Crippen LogP contribution is 2.16. The summed E-state index contributed by atoms with van der Waals surface area (Å²) in [6, 6.07) is 0.109. The number of amides is 2. The summed E-state index contributed by atoms with van der Waals surface area (Å²) in [5.41, 5.74) is 0. The second kappa shape index (κ2) is 7.75. The molecule has 0 aromatic carbocycles. The van der Waals surface area contributed by atoms with Crippen molar-refractivity contribution >= 4 is 11.8 Å². The van der Waals surface area contributed by atoms with Gasteiger partial charge in [0.2, 0.25) is 11.8 Å². The van der Waals surface area contributed by atoms with E-state index in [2.05, 4.69) is 10.6 Å². The fraction of sp³-hybridized carbons (Fsp3) is 0.867. The van der Waals surface area contributed by atoms with Crippen LogP contribution >= 0.6 is 0 Å². The fourth-order valence-electron chi connectivity index (χ4n) is 3.06. The third-order valence-electron chi connectivity index (χ3n) is 4.37. The van der Waals surface area contributed by atoms with Crippen LogP contribution in [0, 0.1) is 0 Å². The first-order chi connectivity index (χ1) is 10.1. The van der Waals surface area contributed by atoms with E-state index in [1.807, 2.05) is 11.8 Å². The number of nitrogens with one attached hydrogen (secondary N) is 2. The van der Waals surface area contributed by atoms with E-state index in [4.69, 9.17) is 4.74 Å². The topological polar surface area (TPSA) is 70.7 Å². The summed E-state index contributed by atoms with van der Waals surface area (Å²) >= 11 is 0. The Bertz CT molecular complexity index is 367. The first kappa shape index (κ1) is 16.2. The monoisotopic (exact) mass is 297 g/mol. The molecule has 2 rings (SSSR count). The molecule has 0 aromatic heterocycles. The van der Waals surface area contributed by atoms with E-state index in [1.165, 1.54) is 0 Å². The standard InChI is InChI=1S/C15H27N3O3/c1-3-4-14(19)17-11-5-7-18(8-6-11)15(20)13-9-12(21-2)10-16-13/h11-13,16H,3-10H2,1-2H3,(H,17,19). The van der Waals surface area contributed by atoms with Gasteiger partial charge in [0.05, 0.1) is 12.1 Å². The maximum absolute atomic E-state index is 12.4. The van der Waals surface area contributed by atoms with Crippen LogP contribution in [0.2, 0.25) is 0 Å². The summed E-state index contributed by atoms with van der Waals surface area (Å²) in [6.07, 6.45) is 4.05. The van der Waals surface area contributed by atoms with E-state index in [9.17, 15) is 9.59 Å². The number of carbonyl (C=O) groups excluding carboxylic acids is 2. The van der Waals surface area contributed by atoms with Crippen LogP contribution < -0.4 is 10.6 Å². The van der Waals surface area contributed by atoms with Gasteiger partial charge in [-0.1, -0.05) is 6.92 Å². The molecule has 2 aliphatic rings. The minimum Gasteiger partial charge on any atom is -0.380 e. The SMILES string of the molecule is CCCC(=O)NC1CCN(C(=O)C2CC(OC)CN2)CC1. The van der Waals surface area contributed by atoms with Crippen LogP contribution in [-0.2, 0) is 14.3 Å². The van der Waals surface area contributed by atoms with Crippen LogP contribution in [0.25, 0.3) is 0 Å². The highest BCUT2D eigenvalue weighted by atomic mass is 16.5.